The predicted octanol–water partition coefficient (Wildman–Crippen LogP) is 2.14. The van der Waals surface area contributed by atoms with Crippen LogP contribution in [0.5, 0.6) is 0 Å². The first-order chi connectivity index (χ1) is 16.3. The molecule has 34 heavy (non-hydrogen) atoms. The van der Waals surface area contributed by atoms with E-state index in [4.69, 9.17) is 13.9 Å². The number of hydrogen-bond donors (Lipinski definition) is 2. The van der Waals surface area contributed by atoms with Gasteiger partial charge >= 0.3 is 17.7 Å². The molecule has 4 rings (SSSR count). The molecule has 2 heterocycles. The lowest BCUT2D eigenvalue weighted by molar-refractivity contribution is -0.143. The third-order valence-electron chi connectivity index (χ3n) is 4.77. The summed E-state index contributed by atoms with van der Waals surface area (Å²) in [6.45, 7) is 1.20. The van der Waals surface area contributed by atoms with Crippen molar-refractivity contribution in [2.24, 2.45) is 4.99 Å². The van der Waals surface area contributed by atoms with Gasteiger partial charge in [0.25, 0.3) is 10.0 Å². The van der Waals surface area contributed by atoms with E-state index in [1.54, 1.807) is 37.3 Å². The Bertz CT molecular complexity index is 1480. The van der Waals surface area contributed by atoms with Crippen LogP contribution < -0.4 is 15.7 Å². The monoisotopic (exact) mass is 485 g/mol. The van der Waals surface area contributed by atoms with Gasteiger partial charge < -0.3 is 13.9 Å². The number of aliphatic imine (C=N–C) groups is 1. The number of amidine groups is 1. The maximum atomic E-state index is 12.2. The summed E-state index contributed by atoms with van der Waals surface area (Å²) in [5.74, 6) is -0.668. The van der Waals surface area contributed by atoms with Gasteiger partial charge in [-0.3, -0.25) is 19.8 Å². The fraction of sp³-hybridized carbons (Fsp3) is 0.182. The minimum atomic E-state index is -3.71. The first-order valence-electron chi connectivity index (χ1n) is 10.1. The predicted molar refractivity (Wildman–Crippen MR) is 121 cm³/mol. The number of hydrogen-bond acceptors (Lipinski definition) is 9. The number of amides is 1. The van der Waals surface area contributed by atoms with Crippen molar-refractivity contribution in [2.45, 2.75) is 18.4 Å². The van der Waals surface area contributed by atoms with Gasteiger partial charge in [0.05, 0.1) is 11.5 Å². The van der Waals surface area contributed by atoms with E-state index >= 15 is 0 Å². The summed E-state index contributed by atoms with van der Waals surface area (Å²) >= 11 is 0. The minimum Gasteiger partial charge on any atom is -0.459 e. The Morgan fingerprint density at radius 1 is 1.12 bits per heavy atom. The molecule has 0 atom stereocenters. The second kappa shape index (κ2) is 9.35. The minimum absolute atomic E-state index is 0.0555. The molecule has 11 nitrogen and oxygen atoms in total. The molecule has 2 N–H and O–H groups in total. The van der Waals surface area contributed by atoms with Crippen molar-refractivity contribution >= 4 is 44.6 Å². The molecule has 1 aliphatic rings. The van der Waals surface area contributed by atoms with Crippen LogP contribution in [0.2, 0.25) is 0 Å². The number of nitrogens with one attached hydrogen (secondary N) is 2. The van der Waals surface area contributed by atoms with Crippen LogP contribution in [0.25, 0.3) is 11.0 Å². The fourth-order valence-electron chi connectivity index (χ4n) is 3.31. The molecule has 0 spiro atoms. The van der Waals surface area contributed by atoms with Gasteiger partial charge in [-0.05, 0) is 31.2 Å². The second-order valence-electron chi connectivity index (χ2n) is 7.07. The molecule has 3 aromatic rings. The molecule has 1 aliphatic heterocycles. The number of sulfonamides is 1. The van der Waals surface area contributed by atoms with Crippen molar-refractivity contribution in [2.75, 3.05) is 18.5 Å². The summed E-state index contributed by atoms with van der Waals surface area (Å²) in [6, 6.07) is 12.1. The van der Waals surface area contributed by atoms with Crippen LogP contribution in [0.15, 0.2) is 67.6 Å². The fourth-order valence-corrected chi connectivity index (χ4v) is 4.56. The molecule has 176 valence electrons. The summed E-state index contributed by atoms with van der Waals surface area (Å²) < 4.78 is 41.8. The van der Waals surface area contributed by atoms with E-state index in [-0.39, 0.29) is 29.5 Å². The number of benzene rings is 2. The Morgan fingerprint density at radius 2 is 1.91 bits per heavy atom. The third kappa shape index (κ3) is 4.91. The highest BCUT2D eigenvalue weighted by atomic mass is 32.2. The van der Waals surface area contributed by atoms with E-state index in [0.717, 1.165) is 0 Å². The number of anilines is 1. The number of carbonyl (C=O) groups excluding carboxylic acids is 2. The average Bonchev–Trinajstić information content (AvgIpc) is 3.06. The summed E-state index contributed by atoms with van der Waals surface area (Å²) in [4.78, 5) is 39.9. The zero-order chi connectivity index (χ0) is 24.3. The normalized spacial score (nSPS) is 14.9. The summed E-state index contributed by atoms with van der Waals surface area (Å²) in [7, 11) is -3.71. The number of nitrogens with zero attached hydrogens (tertiary/aromatic N) is 1. The summed E-state index contributed by atoms with van der Waals surface area (Å²) in [5.41, 5.74) is 0.642. The van der Waals surface area contributed by atoms with Gasteiger partial charge in [-0.15, -0.1) is 0 Å². The van der Waals surface area contributed by atoms with Crippen LogP contribution in [-0.2, 0) is 30.9 Å². The van der Waals surface area contributed by atoms with Crippen LogP contribution in [-0.4, -0.2) is 39.5 Å². The average molecular weight is 485 g/mol. The van der Waals surface area contributed by atoms with Crippen molar-refractivity contribution in [3.63, 3.8) is 0 Å². The van der Waals surface area contributed by atoms with Crippen LogP contribution in [0.4, 0.5) is 10.5 Å². The van der Waals surface area contributed by atoms with Gasteiger partial charge in [0.2, 0.25) is 0 Å². The quantitative estimate of drug-likeness (QED) is 0.398. The van der Waals surface area contributed by atoms with Crippen molar-refractivity contribution in [3.05, 3.63) is 70.1 Å². The molecule has 2 aromatic carbocycles. The van der Waals surface area contributed by atoms with E-state index < -0.39 is 34.3 Å². The Balaban J connectivity index is 1.46. The van der Waals surface area contributed by atoms with Crippen molar-refractivity contribution in [1.82, 2.24) is 4.72 Å². The van der Waals surface area contributed by atoms with E-state index in [2.05, 4.69) is 15.0 Å². The number of esters is 1. The SMILES string of the molecule is CCOC(=O)Nc1ccc2c(COC(=O)CN=C3NS(=O)(=O)c4ccccc43)cc(=O)oc2c1. The smallest absolute Gasteiger partial charge is 0.411 e. The highest BCUT2D eigenvalue weighted by Gasteiger charge is 2.30. The third-order valence-corrected chi connectivity index (χ3v) is 6.17. The number of carbonyl (C=O) groups is 2. The highest BCUT2D eigenvalue weighted by molar-refractivity contribution is 7.90. The van der Waals surface area contributed by atoms with Gasteiger partial charge in [0, 0.05) is 34.3 Å². The van der Waals surface area contributed by atoms with Crippen LogP contribution >= 0.6 is 0 Å². The molecular weight excluding hydrogens is 466 g/mol. The largest absolute Gasteiger partial charge is 0.459 e. The molecule has 0 fully saturated rings. The Morgan fingerprint density at radius 3 is 2.71 bits per heavy atom. The first kappa shape index (κ1) is 23.0. The second-order valence-corrected chi connectivity index (χ2v) is 8.73. The lowest BCUT2D eigenvalue weighted by Crippen LogP contribution is -2.23. The van der Waals surface area contributed by atoms with Crippen molar-refractivity contribution < 1.29 is 31.9 Å². The Kier molecular flexibility index (Phi) is 6.32. The number of ether oxygens (including phenoxy) is 2. The van der Waals surface area contributed by atoms with Gasteiger partial charge in [-0.2, -0.15) is 0 Å². The maximum Gasteiger partial charge on any atom is 0.411 e. The Hall–Kier alpha value is -4.19. The molecule has 12 heteroatoms. The highest BCUT2D eigenvalue weighted by Crippen LogP contribution is 2.23. The summed E-state index contributed by atoms with van der Waals surface area (Å²) in [5, 5.41) is 3.01. The molecule has 0 saturated carbocycles. The van der Waals surface area contributed by atoms with Gasteiger partial charge in [-0.1, -0.05) is 12.1 Å². The zero-order valence-electron chi connectivity index (χ0n) is 17.9. The molecule has 1 aromatic heterocycles. The Labute approximate surface area is 193 Å². The molecule has 1 amide bonds. The lowest BCUT2D eigenvalue weighted by Gasteiger charge is -2.09. The first-order valence-corrected chi connectivity index (χ1v) is 11.6. The lowest BCUT2D eigenvalue weighted by atomic mass is 10.1. The molecule has 0 saturated heterocycles. The molecule has 0 aliphatic carbocycles. The van der Waals surface area contributed by atoms with Gasteiger partial charge in [0.15, 0.2) is 0 Å². The van der Waals surface area contributed by atoms with Crippen LogP contribution in [0.1, 0.15) is 18.1 Å². The van der Waals surface area contributed by atoms with E-state index in [0.29, 0.717) is 22.2 Å². The standard InChI is InChI=1S/C22H19N3O8S/c1-2-31-22(28)24-14-7-8-15-13(9-19(26)33-17(15)10-14)12-32-20(27)11-23-21-16-5-3-4-6-18(16)34(29,30)25-21/h3-10H,2,11-12H2,1H3,(H,23,25)(H,24,28). The van der Waals surface area contributed by atoms with E-state index in [1.165, 1.54) is 18.2 Å². The molecule has 0 radical (unpaired) electrons. The van der Waals surface area contributed by atoms with E-state index in [1.807, 2.05) is 0 Å². The topological polar surface area (TPSA) is 153 Å². The van der Waals surface area contributed by atoms with Gasteiger partial charge in [-0.25, -0.2) is 18.0 Å². The zero-order valence-corrected chi connectivity index (χ0v) is 18.7. The maximum absolute atomic E-state index is 12.2. The van der Waals surface area contributed by atoms with Crippen LogP contribution in [0.3, 0.4) is 0 Å². The molecule has 0 unspecified atom stereocenters. The van der Waals surface area contributed by atoms with Crippen molar-refractivity contribution in [3.8, 4) is 0 Å². The van der Waals surface area contributed by atoms with Gasteiger partial charge in [0.1, 0.15) is 24.6 Å². The van der Waals surface area contributed by atoms with Crippen LogP contribution in [0, 0.1) is 0 Å². The summed E-state index contributed by atoms with van der Waals surface area (Å²) in [6.07, 6.45) is -0.650. The number of fused-ring (bicyclic) bond motifs is 2. The van der Waals surface area contributed by atoms with E-state index in [9.17, 15) is 22.8 Å². The van der Waals surface area contributed by atoms with Crippen molar-refractivity contribution in [1.29, 1.82) is 0 Å². The molecule has 0 bridgehead atoms. The molecular formula is C22H19N3O8S. The number of rotatable bonds is 6.